The molecule has 0 N–H and O–H groups in total. The van der Waals surface area contributed by atoms with Gasteiger partial charge in [0, 0.05) is 13.1 Å². The monoisotopic (exact) mass is 247 g/mol. The van der Waals surface area contributed by atoms with Crippen molar-refractivity contribution in [3.63, 3.8) is 0 Å². The highest BCUT2D eigenvalue weighted by atomic mass is 32.1. The molecule has 1 aromatic rings. The molecule has 0 radical (unpaired) electrons. The first-order valence-corrected chi connectivity index (χ1v) is 7.30. The summed E-state index contributed by atoms with van der Waals surface area (Å²) in [4.78, 5) is 2.63. The molecule has 0 aromatic heterocycles. The van der Waals surface area contributed by atoms with E-state index in [0.29, 0.717) is 5.41 Å². The van der Waals surface area contributed by atoms with Crippen LogP contribution in [0.3, 0.4) is 0 Å². The Labute approximate surface area is 110 Å². The zero-order valence-corrected chi connectivity index (χ0v) is 11.2. The van der Waals surface area contributed by atoms with Gasteiger partial charge >= 0.3 is 0 Å². The Morgan fingerprint density at radius 2 is 2.00 bits per heavy atom. The van der Waals surface area contributed by atoms with Gasteiger partial charge in [-0.25, -0.2) is 0 Å². The molecular formula is C15H21NS. The summed E-state index contributed by atoms with van der Waals surface area (Å²) >= 11 is 4.41. The molecule has 1 spiro atoms. The maximum absolute atomic E-state index is 4.41. The standard InChI is InChI=1S/C15H21NS/c17-11-14-8-15(9-14)6-7-16(12-15)10-13-4-2-1-3-5-13/h1-5,14,17H,6-12H2. The fourth-order valence-electron chi connectivity index (χ4n) is 3.63. The van der Waals surface area contributed by atoms with Crippen LogP contribution in [-0.2, 0) is 6.54 Å². The molecule has 1 saturated heterocycles. The van der Waals surface area contributed by atoms with E-state index in [4.69, 9.17) is 0 Å². The van der Waals surface area contributed by atoms with Crippen molar-refractivity contribution in [1.82, 2.24) is 4.90 Å². The Bertz CT molecular complexity index is 370. The second-order valence-corrected chi connectivity index (χ2v) is 6.27. The normalized spacial score (nSPS) is 32.9. The lowest BCUT2D eigenvalue weighted by Gasteiger charge is -2.45. The van der Waals surface area contributed by atoms with Crippen molar-refractivity contribution in [1.29, 1.82) is 0 Å². The largest absolute Gasteiger partial charge is 0.299 e. The van der Waals surface area contributed by atoms with Crippen LogP contribution in [-0.4, -0.2) is 23.7 Å². The number of rotatable bonds is 3. The molecule has 1 aromatic carbocycles. The smallest absolute Gasteiger partial charge is 0.0233 e. The third kappa shape index (κ3) is 2.38. The third-order valence-corrected chi connectivity index (χ3v) is 4.98. The number of thiol groups is 1. The van der Waals surface area contributed by atoms with Gasteiger partial charge in [0.2, 0.25) is 0 Å². The van der Waals surface area contributed by atoms with E-state index in [1.807, 2.05) is 0 Å². The lowest BCUT2D eigenvalue weighted by atomic mass is 9.62. The van der Waals surface area contributed by atoms with Gasteiger partial charge in [-0.1, -0.05) is 30.3 Å². The number of nitrogens with zero attached hydrogens (tertiary/aromatic N) is 1. The molecular weight excluding hydrogens is 226 g/mol. The van der Waals surface area contributed by atoms with Gasteiger partial charge < -0.3 is 0 Å². The first-order valence-electron chi connectivity index (χ1n) is 6.67. The second kappa shape index (κ2) is 4.66. The number of likely N-dealkylation sites (tertiary alicyclic amines) is 1. The molecule has 1 aliphatic heterocycles. The van der Waals surface area contributed by atoms with Gasteiger partial charge in [0.1, 0.15) is 0 Å². The van der Waals surface area contributed by atoms with E-state index in [0.717, 1.165) is 18.2 Å². The van der Waals surface area contributed by atoms with E-state index in [1.165, 1.54) is 37.9 Å². The zero-order chi connectivity index (χ0) is 11.7. The molecule has 0 amide bonds. The van der Waals surface area contributed by atoms with Crippen LogP contribution in [0, 0.1) is 11.3 Å². The molecule has 2 fully saturated rings. The Morgan fingerprint density at radius 1 is 1.24 bits per heavy atom. The molecule has 1 nitrogen and oxygen atoms in total. The summed E-state index contributed by atoms with van der Waals surface area (Å²) < 4.78 is 0. The van der Waals surface area contributed by atoms with Gasteiger partial charge in [-0.2, -0.15) is 12.6 Å². The van der Waals surface area contributed by atoms with Crippen molar-refractivity contribution in [2.45, 2.75) is 25.8 Å². The summed E-state index contributed by atoms with van der Waals surface area (Å²) in [6.45, 7) is 3.73. The van der Waals surface area contributed by atoms with Crippen molar-refractivity contribution in [2.75, 3.05) is 18.8 Å². The van der Waals surface area contributed by atoms with Crippen LogP contribution >= 0.6 is 12.6 Å². The van der Waals surface area contributed by atoms with Gasteiger partial charge in [-0.3, -0.25) is 4.90 Å². The minimum absolute atomic E-state index is 0.669. The minimum Gasteiger partial charge on any atom is -0.299 e. The van der Waals surface area contributed by atoms with Gasteiger partial charge in [0.05, 0.1) is 0 Å². The molecule has 92 valence electrons. The number of hydrogen-bond donors (Lipinski definition) is 1. The number of hydrogen-bond acceptors (Lipinski definition) is 2. The van der Waals surface area contributed by atoms with Gasteiger partial charge in [-0.15, -0.1) is 0 Å². The van der Waals surface area contributed by atoms with E-state index in [9.17, 15) is 0 Å². The topological polar surface area (TPSA) is 3.24 Å². The van der Waals surface area contributed by atoms with Crippen LogP contribution in [0.15, 0.2) is 30.3 Å². The van der Waals surface area contributed by atoms with Crippen molar-refractivity contribution in [3.8, 4) is 0 Å². The lowest BCUT2D eigenvalue weighted by Crippen LogP contribution is -2.40. The highest BCUT2D eigenvalue weighted by molar-refractivity contribution is 7.80. The Kier molecular flexibility index (Phi) is 3.18. The molecule has 0 atom stereocenters. The van der Waals surface area contributed by atoms with Crippen LogP contribution in [0.1, 0.15) is 24.8 Å². The van der Waals surface area contributed by atoms with Crippen molar-refractivity contribution in [2.24, 2.45) is 11.3 Å². The highest BCUT2D eigenvalue weighted by Gasteiger charge is 2.47. The van der Waals surface area contributed by atoms with Crippen LogP contribution in [0.25, 0.3) is 0 Å². The molecule has 1 saturated carbocycles. The predicted octanol–water partition coefficient (Wildman–Crippen LogP) is 3.22. The predicted molar refractivity (Wildman–Crippen MR) is 75.3 cm³/mol. The highest BCUT2D eigenvalue weighted by Crippen LogP contribution is 2.52. The molecule has 17 heavy (non-hydrogen) atoms. The van der Waals surface area contributed by atoms with E-state index in [-0.39, 0.29) is 0 Å². The molecule has 0 unspecified atom stereocenters. The lowest BCUT2D eigenvalue weighted by molar-refractivity contribution is 0.0769. The minimum atomic E-state index is 0.669. The number of benzene rings is 1. The first kappa shape index (κ1) is 11.6. The van der Waals surface area contributed by atoms with Crippen LogP contribution < -0.4 is 0 Å². The summed E-state index contributed by atoms with van der Waals surface area (Å²) in [5, 5.41) is 0. The summed E-state index contributed by atoms with van der Waals surface area (Å²) in [7, 11) is 0. The van der Waals surface area contributed by atoms with Crippen molar-refractivity contribution >= 4 is 12.6 Å². The summed E-state index contributed by atoms with van der Waals surface area (Å²) in [6.07, 6.45) is 4.24. The Balaban J connectivity index is 1.55. The quantitative estimate of drug-likeness (QED) is 0.803. The SMILES string of the molecule is SCC1CC2(CCN(Cc3ccccc3)C2)C1. The van der Waals surface area contributed by atoms with Crippen LogP contribution in [0.5, 0.6) is 0 Å². The summed E-state index contributed by atoms with van der Waals surface area (Å²) in [5.41, 5.74) is 2.12. The molecule has 1 heterocycles. The second-order valence-electron chi connectivity index (χ2n) is 5.90. The molecule has 1 aliphatic carbocycles. The zero-order valence-electron chi connectivity index (χ0n) is 10.3. The maximum Gasteiger partial charge on any atom is 0.0233 e. The average Bonchev–Trinajstić information content (AvgIpc) is 2.72. The molecule has 2 heteroatoms. The molecule has 2 aliphatic rings. The van der Waals surface area contributed by atoms with E-state index < -0.39 is 0 Å². The average molecular weight is 247 g/mol. The van der Waals surface area contributed by atoms with Crippen molar-refractivity contribution < 1.29 is 0 Å². The molecule has 3 rings (SSSR count). The third-order valence-electron chi connectivity index (χ3n) is 4.47. The van der Waals surface area contributed by atoms with E-state index in [2.05, 4.69) is 47.9 Å². The first-order chi connectivity index (χ1) is 8.30. The van der Waals surface area contributed by atoms with Gasteiger partial charge in [-0.05, 0) is 48.5 Å². The Hall–Kier alpha value is -0.470. The maximum atomic E-state index is 4.41. The fourth-order valence-corrected chi connectivity index (χ4v) is 3.89. The van der Waals surface area contributed by atoms with Crippen LogP contribution in [0.2, 0.25) is 0 Å². The summed E-state index contributed by atoms with van der Waals surface area (Å²) in [5.74, 6) is 1.98. The fraction of sp³-hybridized carbons (Fsp3) is 0.600. The Morgan fingerprint density at radius 3 is 2.71 bits per heavy atom. The van der Waals surface area contributed by atoms with E-state index >= 15 is 0 Å². The van der Waals surface area contributed by atoms with Crippen molar-refractivity contribution in [3.05, 3.63) is 35.9 Å². The van der Waals surface area contributed by atoms with Gasteiger partial charge in [0.15, 0.2) is 0 Å². The van der Waals surface area contributed by atoms with Gasteiger partial charge in [0.25, 0.3) is 0 Å². The summed E-state index contributed by atoms with van der Waals surface area (Å²) in [6, 6.07) is 10.9. The molecule has 0 bridgehead atoms. The van der Waals surface area contributed by atoms with E-state index in [1.54, 1.807) is 0 Å². The van der Waals surface area contributed by atoms with Crippen LogP contribution in [0.4, 0.5) is 0 Å².